The smallest absolute Gasteiger partial charge is 0.478 e. The van der Waals surface area contributed by atoms with Crippen molar-refractivity contribution in [3.8, 4) is 11.6 Å². The normalized spacial score (nSPS) is 11.4. The number of hydrogen-bond donors (Lipinski definition) is 0. The third-order valence-electron chi connectivity index (χ3n) is 2.26. The van der Waals surface area contributed by atoms with Gasteiger partial charge in [0.15, 0.2) is 5.75 Å². The van der Waals surface area contributed by atoms with E-state index in [4.69, 9.17) is 0 Å². The summed E-state index contributed by atoms with van der Waals surface area (Å²) in [6, 6.07) is 0.623. The molecule has 10 heteroatoms. The van der Waals surface area contributed by atoms with E-state index in [2.05, 4.69) is 19.2 Å². The van der Waals surface area contributed by atoms with Crippen LogP contribution in [-0.2, 0) is 16.0 Å². The van der Waals surface area contributed by atoms with Gasteiger partial charge in [-0.3, -0.25) is 4.79 Å². The van der Waals surface area contributed by atoms with Crippen LogP contribution in [-0.4, -0.2) is 31.5 Å². The molecule has 0 saturated heterocycles. The molecule has 0 amide bonds. The maximum Gasteiger partial charge on any atom is 0.573 e. The van der Waals surface area contributed by atoms with Gasteiger partial charge in [0.25, 0.3) is 12.3 Å². The molecule has 0 unspecified atom stereocenters. The number of aromatic nitrogens is 1. The number of halogens is 5. The summed E-state index contributed by atoms with van der Waals surface area (Å²) < 4.78 is 74.8. The summed E-state index contributed by atoms with van der Waals surface area (Å²) >= 11 is 0. The minimum atomic E-state index is -5.07. The molecule has 1 heterocycles. The Kier molecular flexibility index (Phi) is 5.28. The molecule has 0 aliphatic rings. The zero-order valence-electron chi connectivity index (χ0n) is 10.8. The lowest BCUT2D eigenvalue weighted by molar-refractivity contribution is -0.275. The van der Waals surface area contributed by atoms with Gasteiger partial charge in [-0.25, -0.2) is 13.8 Å². The highest BCUT2D eigenvalue weighted by Crippen LogP contribution is 2.35. The molecule has 1 rings (SSSR count). The van der Waals surface area contributed by atoms with Crippen molar-refractivity contribution in [2.75, 3.05) is 14.2 Å². The largest absolute Gasteiger partial charge is 0.573 e. The lowest BCUT2D eigenvalue weighted by Gasteiger charge is -2.15. The highest BCUT2D eigenvalue weighted by molar-refractivity contribution is 5.73. The van der Waals surface area contributed by atoms with Gasteiger partial charge in [-0.2, -0.15) is 0 Å². The van der Waals surface area contributed by atoms with E-state index >= 15 is 0 Å². The lowest BCUT2D eigenvalue weighted by Crippen LogP contribution is -2.19. The number of hydrogen-bond acceptors (Lipinski definition) is 5. The molecule has 0 fully saturated rings. The minimum absolute atomic E-state index is 0.447. The average Bonchev–Trinajstić information content (AvgIpc) is 2.36. The fourth-order valence-corrected chi connectivity index (χ4v) is 1.43. The number of methoxy groups -OCH3 is 2. The highest BCUT2D eigenvalue weighted by atomic mass is 19.4. The van der Waals surface area contributed by atoms with Crippen LogP contribution in [0.4, 0.5) is 22.0 Å². The van der Waals surface area contributed by atoms with Gasteiger partial charge in [-0.1, -0.05) is 0 Å². The fourth-order valence-electron chi connectivity index (χ4n) is 1.43. The van der Waals surface area contributed by atoms with Gasteiger partial charge in [0.2, 0.25) is 0 Å². The first-order chi connectivity index (χ1) is 9.67. The first-order valence-electron chi connectivity index (χ1n) is 5.36. The van der Waals surface area contributed by atoms with E-state index in [1.165, 1.54) is 0 Å². The van der Waals surface area contributed by atoms with E-state index < -0.39 is 48.1 Å². The van der Waals surface area contributed by atoms with Crippen LogP contribution in [0.3, 0.4) is 0 Å². The summed E-state index contributed by atoms with van der Waals surface area (Å²) in [5.74, 6) is -2.61. The molecule has 0 aliphatic carbocycles. The molecule has 118 valence electrons. The summed E-state index contributed by atoms with van der Waals surface area (Å²) in [4.78, 5) is 14.4. The van der Waals surface area contributed by atoms with E-state index in [-0.39, 0.29) is 0 Å². The van der Waals surface area contributed by atoms with Gasteiger partial charge >= 0.3 is 12.3 Å². The molecule has 0 N–H and O–H groups in total. The second-order valence-corrected chi connectivity index (χ2v) is 3.64. The number of ether oxygens (including phenoxy) is 3. The molecular weight excluding hydrogens is 305 g/mol. The summed E-state index contributed by atoms with van der Waals surface area (Å²) in [5.41, 5.74) is -1.33. The van der Waals surface area contributed by atoms with Crippen LogP contribution in [0.1, 0.15) is 17.7 Å². The Bertz CT molecular complexity index is 518. The second kappa shape index (κ2) is 6.55. The zero-order chi connectivity index (χ0) is 16.2. The number of rotatable bonds is 5. The molecule has 5 nitrogen and oxygen atoms in total. The van der Waals surface area contributed by atoms with E-state index in [1.54, 1.807) is 0 Å². The van der Waals surface area contributed by atoms with Crippen LogP contribution in [0, 0.1) is 0 Å². The fraction of sp³-hybridized carbons (Fsp3) is 0.455. The van der Waals surface area contributed by atoms with Crippen LogP contribution in [0.25, 0.3) is 0 Å². The van der Waals surface area contributed by atoms with Crippen LogP contribution >= 0.6 is 0 Å². The maximum absolute atomic E-state index is 12.8. The molecular formula is C11H10F5NO4. The van der Waals surface area contributed by atoms with Gasteiger partial charge in [-0.05, 0) is 11.6 Å². The van der Waals surface area contributed by atoms with Gasteiger partial charge < -0.3 is 14.2 Å². The SMILES string of the molecule is COC(=O)Cc1cc(OC(F)(F)F)c(OC)nc1C(F)F. The van der Waals surface area contributed by atoms with Crippen molar-refractivity contribution in [2.24, 2.45) is 0 Å². The predicted octanol–water partition coefficient (Wildman–Crippen LogP) is 2.64. The van der Waals surface area contributed by atoms with Crippen molar-refractivity contribution in [3.05, 3.63) is 17.3 Å². The Morgan fingerprint density at radius 3 is 2.38 bits per heavy atom. The van der Waals surface area contributed by atoms with Crippen molar-refractivity contribution < 1.29 is 41.0 Å². The summed E-state index contributed by atoms with van der Waals surface area (Å²) in [6.45, 7) is 0. The summed E-state index contributed by atoms with van der Waals surface area (Å²) in [5, 5.41) is 0. The highest BCUT2D eigenvalue weighted by Gasteiger charge is 2.34. The average molecular weight is 315 g/mol. The molecule has 1 aromatic heterocycles. The molecule has 0 aliphatic heterocycles. The van der Waals surface area contributed by atoms with Crippen molar-refractivity contribution in [1.82, 2.24) is 4.98 Å². The number of carbonyl (C=O) groups is 1. The molecule has 0 saturated carbocycles. The van der Waals surface area contributed by atoms with Crippen molar-refractivity contribution >= 4 is 5.97 Å². The monoisotopic (exact) mass is 315 g/mol. The molecule has 0 radical (unpaired) electrons. The topological polar surface area (TPSA) is 57.7 Å². The zero-order valence-corrected chi connectivity index (χ0v) is 10.8. The van der Waals surface area contributed by atoms with E-state index in [9.17, 15) is 26.7 Å². The Morgan fingerprint density at radius 1 is 1.33 bits per heavy atom. The Morgan fingerprint density at radius 2 is 1.95 bits per heavy atom. The van der Waals surface area contributed by atoms with Crippen LogP contribution in [0.5, 0.6) is 11.6 Å². The number of esters is 1. The van der Waals surface area contributed by atoms with Gasteiger partial charge in [0, 0.05) is 0 Å². The van der Waals surface area contributed by atoms with Crippen molar-refractivity contribution in [3.63, 3.8) is 0 Å². The first kappa shape index (κ1) is 16.9. The number of carbonyl (C=O) groups excluding carboxylic acids is 1. The van der Waals surface area contributed by atoms with Gasteiger partial charge in [0.1, 0.15) is 5.69 Å². The van der Waals surface area contributed by atoms with Crippen molar-refractivity contribution in [1.29, 1.82) is 0 Å². The number of nitrogens with zero attached hydrogens (tertiary/aromatic N) is 1. The molecule has 21 heavy (non-hydrogen) atoms. The third-order valence-corrected chi connectivity index (χ3v) is 2.26. The first-order valence-corrected chi connectivity index (χ1v) is 5.36. The predicted molar refractivity (Wildman–Crippen MR) is 58.1 cm³/mol. The lowest BCUT2D eigenvalue weighted by atomic mass is 10.1. The molecule has 0 aromatic carbocycles. The van der Waals surface area contributed by atoms with Crippen LogP contribution < -0.4 is 9.47 Å². The standard InChI is InChI=1S/C11H10F5NO4/c1-19-7(18)4-5-3-6(21-11(14,15)16)10(20-2)17-8(5)9(12)13/h3,9H,4H2,1-2H3. The number of alkyl halides is 5. The minimum Gasteiger partial charge on any atom is -0.478 e. The Balaban J connectivity index is 3.31. The molecule has 0 spiro atoms. The van der Waals surface area contributed by atoms with Crippen LogP contribution in [0.15, 0.2) is 6.07 Å². The van der Waals surface area contributed by atoms with Gasteiger partial charge in [0.05, 0.1) is 20.6 Å². The number of pyridine rings is 1. The van der Waals surface area contributed by atoms with E-state index in [0.717, 1.165) is 14.2 Å². The summed E-state index contributed by atoms with van der Waals surface area (Å²) in [6.07, 6.45) is -8.86. The Labute approximate surface area is 115 Å². The quantitative estimate of drug-likeness (QED) is 0.617. The van der Waals surface area contributed by atoms with E-state index in [0.29, 0.717) is 6.07 Å². The molecule has 1 aromatic rings. The van der Waals surface area contributed by atoms with Crippen LogP contribution in [0.2, 0.25) is 0 Å². The molecule has 0 atom stereocenters. The second-order valence-electron chi connectivity index (χ2n) is 3.64. The summed E-state index contributed by atoms with van der Waals surface area (Å²) in [7, 11) is 1.95. The molecule has 0 bridgehead atoms. The third kappa shape index (κ3) is 4.72. The Hall–Kier alpha value is -2.13. The van der Waals surface area contributed by atoms with E-state index in [1.807, 2.05) is 0 Å². The van der Waals surface area contributed by atoms with Crippen molar-refractivity contribution in [2.45, 2.75) is 19.2 Å². The maximum atomic E-state index is 12.8. The van der Waals surface area contributed by atoms with Gasteiger partial charge in [-0.15, -0.1) is 13.2 Å².